The molecule has 29 heavy (non-hydrogen) atoms. The van der Waals surface area contributed by atoms with Crippen molar-refractivity contribution in [3.63, 3.8) is 0 Å². The second-order valence-corrected chi connectivity index (χ2v) is 8.56. The van der Waals surface area contributed by atoms with E-state index in [0.717, 1.165) is 43.7 Å². The van der Waals surface area contributed by atoms with Gasteiger partial charge in [0.15, 0.2) is 0 Å². The second-order valence-electron chi connectivity index (χ2n) is 6.65. The van der Waals surface area contributed by atoms with E-state index >= 15 is 0 Å². The molecule has 2 heterocycles. The molecule has 2 aromatic heterocycles. The van der Waals surface area contributed by atoms with Crippen molar-refractivity contribution in [3.8, 4) is 0 Å². The largest absolute Gasteiger partial charge is 0.325 e. The molecule has 0 unspecified atom stereocenters. The Balaban J connectivity index is 1.40. The summed E-state index contributed by atoms with van der Waals surface area (Å²) >= 11 is 3.16. The number of nitrogens with zero attached hydrogens (tertiary/aromatic N) is 3. The van der Waals surface area contributed by atoms with Gasteiger partial charge in [-0.05, 0) is 31.5 Å². The van der Waals surface area contributed by atoms with Gasteiger partial charge in [-0.3, -0.25) is 4.79 Å². The van der Waals surface area contributed by atoms with Crippen LogP contribution < -0.4 is 5.32 Å². The van der Waals surface area contributed by atoms with Crippen molar-refractivity contribution in [2.45, 2.75) is 31.0 Å². The number of thioether (sulfide) groups is 1. The SMILES string of the molecule is Cc1nc(SCc2csc(CC(=O)Nc3ccccc3C)n2)c2ccccc2n1. The third-order valence-electron chi connectivity index (χ3n) is 4.37. The van der Waals surface area contributed by atoms with Crippen LogP contribution in [0.2, 0.25) is 0 Å². The summed E-state index contributed by atoms with van der Waals surface area (Å²) < 4.78 is 0. The summed E-state index contributed by atoms with van der Waals surface area (Å²) in [5.74, 6) is 1.42. The Morgan fingerprint density at radius 3 is 2.69 bits per heavy atom. The number of aromatic nitrogens is 3. The number of aryl methyl sites for hydroxylation is 2. The van der Waals surface area contributed by atoms with Gasteiger partial charge in [0.2, 0.25) is 5.91 Å². The fraction of sp³-hybridized carbons (Fsp3) is 0.182. The van der Waals surface area contributed by atoms with Crippen molar-refractivity contribution in [2.75, 3.05) is 5.32 Å². The van der Waals surface area contributed by atoms with Gasteiger partial charge in [0, 0.05) is 22.2 Å². The quantitative estimate of drug-likeness (QED) is 0.344. The highest BCUT2D eigenvalue weighted by Gasteiger charge is 2.11. The first-order chi connectivity index (χ1) is 14.1. The van der Waals surface area contributed by atoms with Gasteiger partial charge in [0.25, 0.3) is 0 Å². The van der Waals surface area contributed by atoms with Gasteiger partial charge in [0.05, 0.1) is 17.6 Å². The van der Waals surface area contributed by atoms with E-state index in [9.17, 15) is 4.79 Å². The molecule has 4 rings (SSSR count). The maximum absolute atomic E-state index is 12.3. The standard InChI is InChI=1S/C22H20N4OS2/c1-14-7-3-5-9-18(14)26-20(27)11-21-25-16(12-28-21)13-29-22-17-8-4-6-10-19(17)23-15(2)24-22/h3-10,12H,11,13H2,1-2H3,(H,26,27). The molecule has 1 N–H and O–H groups in total. The molecule has 0 aliphatic heterocycles. The van der Waals surface area contributed by atoms with Crippen molar-refractivity contribution in [1.29, 1.82) is 0 Å². The lowest BCUT2D eigenvalue weighted by Crippen LogP contribution is -2.15. The van der Waals surface area contributed by atoms with Gasteiger partial charge in [-0.1, -0.05) is 48.2 Å². The lowest BCUT2D eigenvalue weighted by molar-refractivity contribution is -0.115. The predicted molar refractivity (Wildman–Crippen MR) is 119 cm³/mol. The van der Waals surface area contributed by atoms with E-state index in [1.807, 2.05) is 67.8 Å². The summed E-state index contributed by atoms with van der Waals surface area (Å²) in [5, 5.41) is 7.80. The number of para-hydroxylation sites is 2. The molecule has 0 fully saturated rings. The molecule has 0 atom stereocenters. The van der Waals surface area contributed by atoms with E-state index in [1.165, 1.54) is 11.3 Å². The van der Waals surface area contributed by atoms with Gasteiger partial charge in [-0.15, -0.1) is 11.3 Å². The van der Waals surface area contributed by atoms with Crippen LogP contribution in [0.1, 0.15) is 22.1 Å². The summed E-state index contributed by atoms with van der Waals surface area (Å²) in [5.41, 5.74) is 3.80. The minimum Gasteiger partial charge on any atom is -0.325 e. The summed E-state index contributed by atoms with van der Waals surface area (Å²) in [6, 6.07) is 15.8. The number of thiazole rings is 1. The van der Waals surface area contributed by atoms with E-state index < -0.39 is 0 Å². The summed E-state index contributed by atoms with van der Waals surface area (Å²) in [6.45, 7) is 3.89. The van der Waals surface area contributed by atoms with Crippen molar-refractivity contribution in [3.05, 3.63) is 76.0 Å². The average molecular weight is 421 g/mol. The van der Waals surface area contributed by atoms with Crippen LogP contribution in [0.3, 0.4) is 0 Å². The van der Waals surface area contributed by atoms with Crippen LogP contribution in [-0.4, -0.2) is 20.9 Å². The van der Waals surface area contributed by atoms with Crippen molar-refractivity contribution >= 4 is 45.6 Å². The molecule has 0 bridgehead atoms. The van der Waals surface area contributed by atoms with Crippen molar-refractivity contribution < 1.29 is 4.79 Å². The van der Waals surface area contributed by atoms with E-state index in [-0.39, 0.29) is 12.3 Å². The Labute approximate surface area is 177 Å². The zero-order valence-corrected chi connectivity index (χ0v) is 17.8. The number of nitrogens with one attached hydrogen (secondary N) is 1. The Kier molecular flexibility index (Phi) is 5.87. The molecule has 0 saturated carbocycles. The van der Waals surface area contributed by atoms with Gasteiger partial charge < -0.3 is 5.32 Å². The van der Waals surface area contributed by atoms with Gasteiger partial charge in [-0.2, -0.15) is 0 Å². The van der Waals surface area contributed by atoms with E-state index in [2.05, 4.69) is 20.3 Å². The second kappa shape index (κ2) is 8.71. The van der Waals surface area contributed by atoms with E-state index in [1.54, 1.807) is 11.8 Å². The lowest BCUT2D eigenvalue weighted by Gasteiger charge is -2.07. The highest BCUT2D eigenvalue weighted by atomic mass is 32.2. The van der Waals surface area contributed by atoms with Crippen LogP contribution in [0, 0.1) is 13.8 Å². The molecule has 0 aliphatic carbocycles. The number of carbonyl (C=O) groups excluding carboxylic acids is 1. The van der Waals surface area contributed by atoms with Crippen molar-refractivity contribution in [2.24, 2.45) is 0 Å². The molecule has 2 aromatic carbocycles. The highest BCUT2D eigenvalue weighted by Crippen LogP contribution is 2.28. The summed E-state index contributed by atoms with van der Waals surface area (Å²) in [4.78, 5) is 26.0. The monoisotopic (exact) mass is 420 g/mol. The molecular weight excluding hydrogens is 400 g/mol. The van der Waals surface area contributed by atoms with Gasteiger partial charge in [0.1, 0.15) is 15.9 Å². The third kappa shape index (κ3) is 4.81. The average Bonchev–Trinajstić information content (AvgIpc) is 3.15. The Morgan fingerprint density at radius 1 is 1.03 bits per heavy atom. The molecule has 4 aromatic rings. The number of carbonyl (C=O) groups is 1. The first-order valence-corrected chi connectivity index (χ1v) is 11.1. The van der Waals surface area contributed by atoms with Crippen LogP contribution in [0.4, 0.5) is 5.69 Å². The number of hydrogen-bond acceptors (Lipinski definition) is 6. The van der Waals surface area contributed by atoms with E-state index in [0.29, 0.717) is 5.75 Å². The molecule has 0 spiro atoms. The first kappa shape index (κ1) is 19.5. The van der Waals surface area contributed by atoms with E-state index in [4.69, 9.17) is 0 Å². The Bertz CT molecular complexity index is 1170. The number of anilines is 1. The molecule has 0 aliphatic rings. The van der Waals surface area contributed by atoms with Crippen molar-refractivity contribution in [1.82, 2.24) is 15.0 Å². The van der Waals surface area contributed by atoms with Gasteiger partial charge >= 0.3 is 0 Å². The number of amides is 1. The molecule has 7 heteroatoms. The van der Waals surface area contributed by atoms with Gasteiger partial charge in [-0.25, -0.2) is 15.0 Å². The maximum atomic E-state index is 12.3. The third-order valence-corrected chi connectivity index (χ3v) is 6.29. The normalized spacial score (nSPS) is 11.0. The molecular formula is C22H20N4OS2. The minimum absolute atomic E-state index is 0.0507. The fourth-order valence-corrected chi connectivity index (χ4v) is 4.81. The Morgan fingerprint density at radius 2 is 1.83 bits per heavy atom. The first-order valence-electron chi connectivity index (χ1n) is 9.23. The molecule has 0 radical (unpaired) electrons. The molecule has 5 nitrogen and oxygen atoms in total. The number of hydrogen-bond donors (Lipinski definition) is 1. The smallest absolute Gasteiger partial charge is 0.231 e. The summed E-state index contributed by atoms with van der Waals surface area (Å²) in [6.07, 6.45) is 0.277. The van der Waals surface area contributed by atoms with Crippen LogP contribution in [-0.2, 0) is 17.0 Å². The summed E-state index contributed by atoms with van der Waals surface area (Å²) in [7, 11) is 0. The number of benzene rings is 2. The predicted octanol–water partition coefficient (Wildman–Crippen LogP) is 5.18. The molecule has 0 saturated heterocycles. The van der Waals surface area contributed by atoms with Crippen LogP contribution in [0.25, 0.3) is 10.9 Å². The van der Waals surface area contributed by atoms with Crippen LogP contribution >= 0.6 is 23.1 Å². The zero-order valence-electron chi connectivity index (χ0n) is 16.2. The lowest BCUT2D eigenvalue weighted by atomic mass is 10.2. The fourth-order valence-electron chi connectivity index (χ4n) is 2.95. The zero-order chi connectivity index (χ0) is 20.2. The molecule has 146 valence electrons. The maximum Gasteiger partial charge on any atom is 0.231 e. The van der Waals surface area contributed by atoms with Crippen LogP contribution in [0.15, 0.2) is 58.9 Å². The highest BCUT2D eigenvalue weighted by molar-refractivity contribution is 7.98. The Hall–Kier alpha value is -2.77. The minimum atomic E-state index is -0.0507. The number of rotatable bonds is 6. The van der Waals surface area contributed by atoms with Crippen LogP contribution in [0.5, 0.6) is 0 Å². The topological polar surface area (TPSA) is 67.8 Å². The molecule has 1 amide bonds. The number of fused-ring (bicyclic) bond motifs is 1.